The van der Waals surface area contributed by atoms with Crippen LogP contribution in [0.3, 0.4) is 0 Å². The normalized spacial score (nSPS) is 21.4. The van der Waals surface area contributed by atoms with E-state index in [4.69, 9.17) is 22.8 Å². The second-order valence-electron chi connectivity index (χ2n) is 4.58. The average Bonchev–Trinajstić information content (AvgIpc) is 2.47. The Morgan fingerprint density at radius 1 is 1.00 bits per heavy atom. The minimum atomic E-state index is -3.62. The number of hydrogen-bond acceptors (Lipinski definition) is 2. The molecule has 108 valence electrons. The molecule has 7 heteroatoms. The van der Waals surface area contributed by atoms with Crippen molar-refractivity contribution in [3.63, 3.8) is 0 Å². The Morgan fingerprint density at radius 2 is 1.57 bits per heavy atom. The Balaban J connectivity index is 2.25. The molecule has 0 radical (unpaired) electrons. The fourth-order valence-corrected chi connectivity index (χ4v) is 4.75. The minimum absolute atomic E-state index is 0.319. The lowest BCUT2D eigenvalue weighted by Gasteiger charge is -2.39. The monoisotopic (exact) mass is 340 g/mol. The molecule has 0 saturated carbocycles. The van der Waals surface area contributed by atoms with Gasteiger partial charge >= 0.3 is 6.80 Å². The zero-order chi connectivity index (χ0) is 15.2. The van der Waals surface area contributed by atoms with Crippen molar-refractivity contribution in [3.05, 3.63) is 59.1 Å². The Hall–Kier alpha value is -1.48. The van der Waals surface area contributed by atoms with Crippen LogP contribution in [0.4, 0.5) is 11.4 Å². The van der Waals surface area contributed by atoms with E-state index in [1.807, 2.05) is 0 Å². The van der Waals surface area contributed by atoms with Crippen molar-refractivity contribution in [1.82, 2.24) is 0 Å². The zero-order valence-corrected chi connectivity index (χ0v) is 13.4. The number of halogens is 2. The molecule has 0 aliphatic carbocycles. The molecule has 1 atom stereocenters. The molecule has 21 heavy (non-hydrogen) atoms. The standard InChI is InChI=1S/C14H11Cl2N2O2P/c1-17-12-8-4-2-6-10(12)14(19)18(21(17,16)20)13-9-5-3-7-11(13)15/h2-9H,1H3. The highest BCUT2D eigenvalue weighted by Gasteiger charge is 2.45. The Labute approximate surface area is 132 Å². The fraction of sp³-hybridized carbons (Fsp3) is 0.0714. The summed E-state index contributed by atoms with van der Waals surface area (Å²) in [5.74, 6) is -0.421. The summed E-state index contributed by atoms with van der Waals surface area (Å²) in [6, 6.07) is 13.6. The van der Waals surface area contributed by atoms with Crippen molar-refractivity contribution in [2.75, 3.05) is 16.4 Å². The van der Waals surface area contributed by atoms with Crippen LogP contribution >= 0.6 is 29.6 Å². The second kappa shape index (κ2) is 5.06. The third-order valence-electron chi connectivity index (χ3n) is 3.37. The van der Waals surface area contributed by atoms with Crippen LogP contribution in [0, 0.1) is 0 Å². The van der Waals surface area contributed by atoms with Gasteiger partial charge in [0.1, 0.15) is 0 Å². The van der Waals surface area contributed by atoms with Gasteiger partial charge in [0.25, 0.3) is 5.91 Å². The van der Waals surface area contributed by atoms with Gasteiger partial charge in [-0.15, -0.1) is 0 Å². The van der Waals surface area contributed by atoms with E-state index in [2.05, 4.69) is 0 Å². The summed E-state index contributed by atoms with van der Waals surface area (Å²) in [7, 11) is 1.60. The predicted molar refractivity (Wildman–Crippen MR) is 86.6 cm³/mol. The van der Waals surface area contributed by atoms with E-state index in [1.54, 1.807) is 55.6 Å². The molecule has 0 aromatic heterocycles. The molecule has 3 rings (SSSR count). The van der Waals surface area contributed by atoms with E-state index < -0.39 is 12.7 Å². The first kappa shape index (κ1) is 14.5. The highest BCUT2D eigenvalue weighted by atomic mass is 35.7. The van der Waals surface area contributed by atoms with E-state index in [1.165, 1.54) is 4.67 Å². The van der Waals surface area contributed by atoms with Crippen molar-refractivity contribution < 1.29 is 9.36 Å². The number of anilines is 2. The van der Waals surface area contributed by atoms with Crippen molar-refractivity contribution in [1.29, 1.82) is 0 Å². The van der Waals surface area contributed by atoms with Crippen LogP contribution in [-0.2, 0) is 4.57 Å². The van der Waals surface area contributed by atoms with Crippen LogP contribution in [0.1, 0.15) is 10.4 Å². The van der Waals surface area contributed by atoms with Crippen molar-refractivity contribution in [2.24, 2.45) is 0 Å². The van der Waals surface area contributed by atoms with E-state index >= 15 is 0 Å². The molecule has 4 nitrogen and oxygen atoms in total. The van der Waals surface area contributed by atoms with Gasteiger partial charge in [-0.05, 0) is 35.5 Å². The molecular weight excluding hydrogens is 330 g/mol. The van der Waals surface area contributed by atoms with Crippen molar-refractivity contribution >= 4 is 46.9 Å². The Morgan fingerprint density at radius 3 is 2.24 bits per heavy atom. The average molecular weight is 341 g/mol. The molecule has 0 spiro atoms. The molecule has 2 aromatic carbocycles. The number of carbonyl (C=O) groups excluding carboxylic acids is 1. The SMILES string of the molecule is CN1c2ccccc2C(=O)N(c2ccccc2Cl)P1(=O)Cl. The highest BCUT2D eigenvalue weighted by Crippen LogP contribution is 2.64. The van der Waals surface area contributed by atoms with Gasteiger partial charge in [-0.25, -0.2) is 4.67 Å². The van der Waals surface area contributed by atoms with E-state index in [0.29, 0.717) is 22.0 Å². The zero-order valence-electron chi connectivity index (χ0n) is 11.0. The van der Waals surface area contributed by atoms with Gasteiger partial charge in [0.05, 0.1) is 22.0 Å². The topological polar surface area (TPSA) is 40.6 Å². The summed E-state index contributed by atoms with van der Waals surface area (Å²) in [6.45, 7) is -3.62. The second-order valence-corrected chi connectivity index (χ2v) is 8.26. The lowest BCUT2D eigenvalue weighted by atomic mass is 10.1. The van der Waals surface area contributed by atoms with Crippen LogP contribution in [0.15, 0.2) is 48.5 Å². The number of hydrogen-bond donors (Lipinski definition) is 0. The Bertz CT molecular complexity index is 781. The first-order chi connectivity index (χ1) is 9.94. The maximum absolute atomic E-state index is 13.0. The maximum Gasteiger partial charge on any atom is 0.359 e. The van der Waals surface area contributed by atoms with Crippen molar-refractivity contribution in [3.8, 4) is 0 Å². The third-order valence-corrected chi connectivity index (χ3v) is 6.67. The minimum Gasteiger partial charge on any atom is -0.297 e. The number of nitrogens with zero attached hydrogens (tertiary/aromatic N) is 2. The maximum atomic E-state index is 13.0. The first-order valence-corrected chi connectivity index (χ1v) is 9.06. The number of amides is 1. The van der Waals surface area contributed by atoms with Crippen LogP contribution < -0.4 is 9.34 Å². The lowest BCUT2D eigenvalue weighted by Crippen LogP contribution is -2.38. The summed E-state index contributed by atoms with van der Waals surface area (Å²) in [5, 5.41) is 0.319. The fourth-order valence-electron chi connectivity index (χ4n) is 2.30. The highest BCUT2D eigenvalue weighted by molar-refractivity contribution is 7.92. The van der Waals surface area contributed by atoms with Crippen molar-refractivity contribution in [2.45, 2.75) is 0 Å². The number of para-hydroxylation sites is 2. The molecule has 0 N–H and O–H groups in total. The number of benzene rings is 2. The summed E-state index contributed by atoms with van der Waals surface area (Å²) < 4.78 is 15.5. The van der Waals surface area contributed by atoms with Gasteiger partial charge in [-0.3, -0.25) is 14.0 Å². The third kappa shape index (κ3) is 2.15. The van der Waals surface area contributed by atoms with Gasteiger partial charge in [0.15, 0.2) is 0 Å². The van der Waals surface area contributed by atoms with Crippen LogP contribution in [0.2, 0.25) is 5.02 Å². The van der Waals surface area contributed by atoms with Gasteiger partial charge in [-0.1, -0.05) is 35.9 Å². The molecule has 0 bridgehead atoms. The summed E-state index contributed by atoms with van der Waals surface area (Å²) in [5.41, 5.74) is 1.32. The largest absolute Gasteiger partial charge is 0.359 e. The van der Waals surface area contributed by atoms with Gasteiger partial charge in [-0.2, -0.15) is 0 Å². The molecule has 1 aliphatic heterocycles. The molecule has 1 amide bonds. The molecule has 0 fully saturated rings. The molecular formula is C14H11Cl2N2O2P. The number of fused-ring (bicyclic) bond motifs is 1. The number of rotatable bonds is 1. The quantitative estimate of drug-likeness (QED) is 0.701. The molecule has 1 aliphatic rings. The van der Waals surface area contributed by atoms with E-state index in [9.17, 15) is 9.36 Å². The lowest BCUT2D eigenvalue weighted by molar-refractivity contribution is 0.100. The summed E-state index contributed by atoms with van der Waals surface area (Å²) in [4.78, 5) is 12.7. The summed E-state index contributed by atoms with van der Waals surface area (Å²) in [6.07, 6.45) is 0. The van der Waals surface area contributed by atoms with Gasteiger partial charge in [0, 0.05) is 7.05 Å². The van der Waals surface area contributed by atoms with Crippen LogP contribution in [-0.4, -0.2) is 13.0 Å². The Kier molecular flexibility index (Phi) is 3.48. The molecule has 1 heterocycles. The molecule has 0 saturated heterocycles. The number of carbonyl (C=O) groups is 1. The first-order valence-electron chi connectivity index (χ1n) is 6.17. The van der Waals surface area contributed by atoms with Gasteiger partial charge < -0.3 is 0 Å². The summed E-state index contributed by atoms with van der Waals surface area (Å²) >= 11 is 12.4. The predicted octanol–water partition coefficient (Wildman–Crippen LogP) is 4.78. The van der Waals surface area contributed by atoms with E-state index in [0.717, 1.165) is 4.67 Å². The van der Waals surface area contributed by atoms with Crippen LogP contribution in [0.25, 0.3) is 0 Å². The van der Waals surface area contributed by atoms with E-state index in [-0.39, 0.29) is 0 Å². The molecule has 1 unspecified atom stereocenters. The smallest absolute Gasteiger partial charge is 0.297 e. The van der Waals surface area contributed by atoms with Gasteiger partial charge in [0.2, 0.25) is 0 Å². The molecule has 2 aromatic rings. The van der Waals surface area contributed by atoms with Crippen LogP contribution in [0.5, 0.6) is 0 Å².